The molecule has 3 rings (SSSR count). The van der Waals surface area contributed by atoms with Gasteiger partial charge in [0.15, 0.2) is 0 Å². The molecule has 3 N–H and O–H groups in total. The normalized spacial score (nSPS) is 10.7. The number of nitrogens with zero attached hydrogens (tertiary/aromatic N) is 2. The van der Waals surface area contributed by atoms with Crippen molar-refractivity contribution in [2.45, 2.75) is 19.1 Å². The van der Waals surface area contributed by atoms with E-state index in [1.54, 1.807) is 6.92 Å². The molecule has 2 aromatic heterocycles. The van der Waals surface area contributed by atoms with E-state index in [9.17, 15) is 18.8 Å². The van der Waals surface area contributed by atoms with Crippen molar-refractivity contribution >= 4 is 35.4 Å². The summed E-state index contributed by atoms with van der Waals surface area (Å²) in [5, 5.41) is 10.2. The van der Waals surface area contributed by atoms with E-state index in [0.29, 0.717) is 5.56 Å². The molecule has 0 unspecified atom stereocenters. The molecule has 0 atom stereocenters. The molecule has 3 aromatic rings. The van der Waals surface area contributed by atoms with Gasteiger partial charge in [-0.05, 0) is 38.1 Å². The summed E-state index contributed by atoms with van der Waals surface area (Å²) in [7, 11) is 0. The largest absolute Gasteiger partial charge is 0.462 e. The molecular weight excluding hydrogens is 431 g/mol. The topological polar surface area (TPSA) is 151 Å². The molecular formula is C19H17FN4O6S. The van der Waals surface area contributed by atoms with E-state index in [1.165, 1.54) is 31.2 Å². The number of aryl methyl sites for hydroxylation is 1. The predicted molar refractivity (Wildman–Crippen MR) is 107 cm³/mol. The highest BCUT2D eigenvalue weighted by molar-refractivity contribution is 7.99. The van der Waals surface area contributed by atoms with Crippen molar-refractivity contribution in [1.82, 2.24) is 10.2 Å². The predicted octanol–water partition coefficient (Wildman–Crippen LogP) is 2.78. The Bertz CT molecular complexity index is 1130. The number of rotatable bonds is 8. The number of carbonyl (C=O) groups excluding carboxylic acids is 3. The molecule has 0 spiro atoms. The van der Waals surface area contributed by atoms with Gasteiger partial charge in [0, 0.05) is 5.56 Å². The Balaban J connectivity index is 1.68. The number of amides is 2. The van der Waals surface area contributed by atoms with Crippen LogP contribution >= 0.6 is 11.8 Å². The number of ether oxygens (including phenoxy) is 1. The molecule has 2 amide bonds. The lowest BCUT2D eigenvalue weighted by Gasteiger charge is -2.04. The van der Waals surface area contributed by atoms with Crippen molar-refractivity contribution in [2.75, 3.05) is 17.7 Å². The van der Waals surface area contributed by atoms with E-state index < -0.39 is 23.6 Å². The number of furan rings is 1. The van der Waals surface area contributed by atoms with Gasteiger partial charge in [-0.15, -0.1) is 10.2 Å². The molecule has 12 heteroatoms. The number of thioether (sulfide) groups is 1. The van der Waals surface area contributed by atoms with Crippen LogP contribution in [-0.2, 0) is 9.53 Å². The van der Waals surface area contributed by atoms with Crippen molar-refractivity contribution in [3.05, 3.63) is 47.0 Å². The Hall–Kier alpha value is -3.67. The third-order valence-corrected chi connectivity index (χ3v) is 4.71. The first-order chi connectivity index (χ1) is 14.8. The molecule has 10 nitrogen and oxygen atoms in total. The molecule has 2 heterocycles. The van der Waals surface area contributed by atoms with Gasteiger partial charge in [-0.1, -0.05) is 11.8 Å². The quantitative estimate of drug-likeness (QED) is 0.391. The van der Waals surface area contributed by atoms with Crippen LogP contribution in [0.2, 0.25) is 0 Å². The first kappa shape index (κ1) is 22.0. The number of hydrogen-bond donors (Lipinski definition) is 2. The summed E-state index contributed by atoms with van der Waals surface area (Å²) in [6.07, 6.45) is 0. The first-order valence-electron chi connectivity index (χ1n) is 8.92. The van der Waals surface area contributed by atoms with Gasteiger partial charge >= 0.3 is 5.97 Å². The fraction of sp³-hybridized carbons (Fsp3) is 0.211. The molecule has 0 bridgehead atoms. The molecule has 0 aliphatic carbocycles. The lowest BCUT2D eigenvalue weighted by atomic mass is 10.1. The van der Waals surface area contributed by atoms with Crippen LogP contribution in [0, 0.1) is 12.7 Å². The molecule has 0 aliphatic heterocycles. The van der Waals surface area contributed by atoms with Gasteiger partial charge in [0.25, 0.3) is 11.1 Å². The molecule has 31 heavy (non-hydrogen) atoms. The Morgan fingerprint density at radius 2 is 1.87 bits per heavy atom. The van der Waals surface area contributed by atoms with E-state index in [0.717, 1.165) is 11.8 Å². The minimum atomic E-state index is -0.955. The highest BCUT2D eigenvalue weighted by atomic mass is 32.2. The van der Waals surface area contributed by atoms with Gasteiger partial charge in [-0.2, -0.15) is 0 Å². The number of anilines is 1. The number of nitrogens with two attached hydrogens (primary N) is 1. The maximum absolute atomic E-state index is 13.0. The Morgan fingerprint density at radius 3 is 2.52 bits per heavy atom. The molecule has 0 aliphatic rings. The summed E-state index contributed by atoms with van der Waals surface area (Å²) in [4.78, 5) is 36.2. The first-order valence-corrected chi connectivity index (χ1v) is 9.91. The Labute approximate surface area is 179 Å². The fourth-order valence-corrected chi connectivity index (χ4v) is 3.15. The molecule has 0 saturated carbocycles. The van der Waals surface area contributed by atoms with Crippen LogP contribution in [0.5, 0.6) is 0 Å². The van der Waals surface area contributed by atoms with E-state index >= 15 is 0 Å². The summed E-state index contributed by atoms with van der Waals surface area (Å²) < 4.78 is 28.7. The SMILES string of the molecule is CCOC(=O)c1c(C)oc(NC(=O)CSc2nnc(-c3ccc(F)cc3)o2)c1C(N)=O. The van der Waals surface area contributed by atoms with Gasteiger partial charge in [-0.3, -0.25) is 14.9 Å². The van der Waals surface area contributed by atoms with Crippen LogP contribution in [-0.4, -0.2) is 40.3 Å². The maximum Gasteiger partial charge on any atom is 0.342 e. The number of hydrogen-bond acceptors (Lipinski definition) is 9. The third kappa shape index (κ3) is 5.09. The number of carbonyl (C=O) groups is 3. The zero-order valence-corrected chi connectivity index (χ0v) is 17.2. The lowest BCUT2D eigenvalue weighted by Crippen LogP contribution is -2.21. The van der Waals surface area contributed by atoms with Gasteiger partial charge in [-0.25, -0.2) is 9.18 Å². The monoisotopic (exact) mass is 448 g/mol. The summed E-state index contributed by atoms with van der Waals surface area (Å²) in [5.74, 6) is -2.89. The van der Waals surface area contributed by atoms with Crippen LogP contribution in [0.3, 0.4) is 0 Å². The second-order valence-electron chi connectivity index (χ2n) is 6.04. The molecule has 0 saturated heterocycles. The number of nitrogens with one attached hydrogen (secondary N) is 1. The molecule has 0 radical (unpaired) electrons. The zero-order valence-electron chi connectivity index (χ0n) is 16.4. The van der Waals surface area contributed by atoms with E-state index in [2.05, 4.69) is 15.5 Å². The van der Waals surface area contributed by atoms with Gasteiger partial charge in [0.2, 0.25) is 17.7 Å². The van der Waals surface area contributed by atoms with Gasteiger partial charge in [0.05, 0.1) is 12.4 Å². The summed E-state index contributed by atoms with van der Waals surface area (Å²) >= 11 is 0.930. The maximum atomic E-state index is 13.0. The molecule has 162 valence electrons. The van der Waals surface area contributed by atoms with Crippen LogP contribution < -0.4 is 11.1 Å². The van der Waals surface area contributed by atoms with E-state index in [4.69, 9.17) is 19.3 Å². The van der Waals surface area contributed by atoms with Crippen molar-refractivity contribution in [2.24, 2.45) is 5.73 Å². The van der Waals surface area contributed by atoms with Crippen molar-refractivity contribution in [3.8, 4) is 11.5 Å². The molecule has 1 aromatic carbocycles. The lowest BCUT2D eigenvalue weighted by molar-refractivity contribution is -0.113. The van der Waals surface area contributed by atoms with Crippen molar-refractivity contribution in [1.29, 1.82) is 0 Å². The third-order valence-electron chi connectivity index (χ3n) is 3.89. The summed E-state index contributed by atoms with van der Waals surface area (Å²) in [5.41, 5.74) is 5.46. The van der Waals surface area contributed by atoms with Crippen molar-refractivity contribution in [3.63, 3.8) is 0 Å². The highest BCUT2D eigenvalue weighted by Crippen LogP contribution is 2.28. The Kier molecular flexibility index (Phi) is 6.70. The number of halogens is 1. The van der Waals surface area contributed by atoms with E-state index in [1.807, 2.05) is 0 Å². The van der Waals surface area contributed by atoms with Crippen LogP contribution in [0.4, 0.5) is 10.3 Å². The Morgan fingerprint density at radius 1 is 1.16 bits per heavy atom. The number of benzene rings is 1. The van der Waals surface area contributed by atoms with Crippen LogP contribution in [0.15, 0.2) is 38.3 Å². The number of esters is 1. The number of aromatic nitrogens is 2. The van der Waals surface area contributed by atoms with Crippen molar-refractivity contribution < 1.29 is 32.3 Å². The highest BCUT2D eigenvalue weighted by Gasteiger charge is 2.29. The molecule has 0 fully saturated rings. The second kappa shape index (κ2) is 9.43. The summed E-state index contributed by atoms with van der Waals surface area (Å²) in [6.45, 7) is 3.14. The summed E-state index contributed by atoms with van der Waals surface area (Å²) in [6, 6.07) is 5.48. The minimum absolute atomic E-state index is 0.0797. The van der Waals surface area contributed by atoms with Crippen LogP contribution in [0.25, 0.3) is 11.5 Å². The number of primary amides is 1. The second-order valence-corrected chi connectivity index (χ2v) is 6.97. The smallest absolute Gasteiger partial charge is 0.342 e. The van der Waals surface area contributed by atoms with Crippen LogP contribution in [0.1, 0.15) is 33.4 Å². The average molecular weight is 448 g/mol. The minimum Gasteiger partial charge on any atom is -0.462 e. The average Bonchev–Trinajstić information content (AvgIpc) is 3.31. The van der Waals surface area contributed by atoms with E-state index in [-0.39, 0.29) is 46.2 Å². The fourth-order valence-electron chi connectivity index (χ4n) is 2.58. The zero-order chi connectivity index (χ0) is 22.5. The van der Waals surface area contributed by atoms with Gasteiger partial charge in [0.1, 0.15) is 22.7 Å². The standard InChI is InChI=1S/C19H17FN4O6S/c1-3-28-18(27)13-9(2)29-17(14(13)15(21)26)22-12(25)8-31-19-24-23-16(30-19)10-4-6-11(20)7-5-10/h4-7H,3,8H2,1-2H3,(H2,21,26)(H,22,25). The van der Waals surface area contributed by atoms with Gasteiger partial charge < -0.3 is 19.3 Å².